The number of hydrogen-bond donors (Lipinski definition) is 2. The number of nitrogens with one attached hydrogen (secondary N) is 2. The molecule has 2 N–H and O–H groups in total. The first-order chi connectivity index (χ1) is 12.1. The average molecular weight is 373 g/mol. The van der Waals surface area contributed by atoms with Crippen molar-refractivity contribution < 1.29 is 4.79 Å². The number of pyridine rings is 1. The topological polar surface area (TPSA) is 66.9 Å². The predicted molar refractivity (Wildman–Crippen MR) is 106 cm³/mol. The zero-order valence-electron chi connectivity index (χ0n) is 14.2. The second-order valence-corrected chi connectivity index (χ2v) is 7.81. The number of hydrogen-bond acceptors (Lipinski definition) is 6. The quantitative estimate of drug-likeness (QED) is 0.768. The lowest BCUT2D eigenvalue weighted by Crippen LogP contribution is -2.12. The van der Waals surface area contributed by atoms with Crippen LogP contribution in [0.1, 0.15) is 30.3 Å². The van der Waals surface area contributed by atoms with Crippen LogP contribution < -0.4 is 10.6 Å². The van der Waals surface area contributed by atoms with E-state index in [-0.39, 0.29) is 5.91 Å². The average Bonchev–Trinajstić information content (AvgIpc) is 3.01. The second-order valence-electron chi connectivity index (χ2n) is 5.66. The summed E-state index contributed by atoms with van der Waals surface area (Å²) in [4.78, 5) is 21.9. The molecule has 2 aromatic rings. The molecule has 3 heterocycles. The summed E-state index contributed by atoms with van der Waals surface area (Å²) in [6, 6.07) is 5.99. The normalized spacial score (nSPS) is 13.8. The van der Waals surface area contributed by atoms with Gasteiger partial charge >= 0.3 is 0 Å². The SMILES string of the molecule is CCc1cccc(NC2=CCC(CC(=O)Nc3ncc(C)s3)=CS2)n1. The van der Waals surface area contributed by atoms with Crippen LogP contribution in [-0.4, -0.2) is 15.9 Å². The van der Waals surface area contributed by atoms with Gasteiger partial charge < -0.3 is 10.6 Å². The second kappa shape index (κ2) is 8.31. The molecule has 0 saturated heterocycles. The van der Waals surface area contributed by atoms with Gasteiger partial charge in [0.2, 0.25) is 5.91 Å². The molecule has 0 aromatic carbocycles. The van der Waals surface area contributed by atoms with Crippen LogP contribution in [0.25, 0.3) is 0 Å². The van der Waals surface area contributed by atoms with Gasteiger partial charge in [-0.1, -0.05) is 30.3 Å². The van der Waals surface area contributed by atoms with Gasteiger partial charge in [0.15, 0.2) is 5.13 Å². The summed E-state index contributed by atoms with van der Waals surface area (Å²) < 4.78 is 0. The van der Waals surface area contributed by atoms with Crippen molar-refractivity contribution in [3.8, 4) is 0 Å². The van der Waals surface area contributed by atoms with Gasteiger partial charge in [-0.25, -0.2) is 9.97 Å². The van der Waals surface area contributed by atoms with E-state index in [1.165, 1.54) is 11.3 Å². The van der Waals surface area contributed by atoms with E-state index in [1.54, 1.807) is 18.0 Å². The van der Waals surface area contributed by atoms with Crippen LogP contribution in [0, 0.1) is 6.92 Å². The zero-order chi connectivity index (χ0) is 17.6. The molecule has 0 fully saturated rings. The van der Waals surface area contributed by atoms with Gasteiger partial charge in [-0.3, -0.25) is 4.79 Å². The molecule has 0 radical (unpaired) electrons. The standard InChI is InChI=1S/C18H20N4OS2/c1-3-14-5-4-6-15(20-14)21-17-8-7-13(11-24-17)9-16(23)22-18-19-10-12(2)25-18/h4-6,8,10-11H,3,7,9H2,1-2H3,(H,20,21)(H,19,22,23). The highest BCUT2D eigenvalue weighted by Crippen LogP contribution is 2.29. The minimum atomic E-state index is -0.0247. The van der Waals surface area contributed by atoms with Crippen LogP contribution >= 0.6 is 23.1 Å². The number of carbonyl (C=O) groups excluding carboxylic acids is 1. The van der Waals surface area contributed by atoms with Crippen molar-refractivity contribution in [3.05, 3.63) is 57.1 Å². The highest BCUT2D eigenvalue weighted by Gasteiger charge is 2.12. The van der Waals surface area contributed by atoms with Crippen molar-refractivity contribution in [2.75, 3.05) is 10.6 Å². The third-order valence-corrected chi connectivity index (χ3v) is 5.38. The number of aryl methyl sites for hydroxylation is 2. The third kappa shape index (κ3) is 5.17. The van der Waals surface area contributed by atoms with E-state index in [1.807, 2.05) is 30.5 Å². The zero-order valence-corrected chi connectivity index (χ0v) is 15.8. The Morgan fingerprint density at radius 1 is 1.36 bits per heavy atom. The summed E-state index contributed by atoms with van der Waals surface area (Å²) in [5, 5.41) is 9.92. The molecular weight excluding hydrogens is 352 g/mol. The first kappa shape index (κ1) is 17.7. The summed E-state index contributed by atoms with van der Waals surface area (Å²) in [6.45, 7) is 4.06. The fourth-order valence-corrected chi connectivity index (χ4v) is 3.81. The van der Waals surface area contributed by atoms with Crippen molar-refractivity contribution >= 4 is 40.0 Å². The van der Waals surface area contributed by atoms with Crippen molar-refractivity contribution in [3.63, 3.8) is 0 Å². The monoisotopic (exact) mass is 372 g/mol. The molecule has 1 aliphatic rings. The highest BCUT2D eigenvalue weighted by atomic mass is 32.2. The number of aromatic nitrogens is 2. The largest absolute Gasteiger partial charge is 0.335 e. The number of thioether (sulfide) groups is 1. The highest BCUT2D eigenvalue weighted by molar-refractivity contribution is 8.06. The molecule has 0 atom stereocenters. The van der Waals surface area contributed by atoms with E-state index in [4.69, 9.17) is 0 Å². The summed E-state index contributed by atoms with van der Waals surface area (Å²) >= 11 is 3.07. The molecule has 0 saturated carbocycles. The van der Waals surface area contributed by atoms with E-state index in [2.05, 4.69) is 33.6 Å². The van der Waals surface area contributed by atoms with Gasteiger partial charge in [0.1, 0.15) is 5.82 Å². The van der Waals surface area contributed by atoms with Crippen molar-refractivity contribution in [2.24, 2.45) is 0 Å². The molecule has 1 amide bonds. The number of anilines is 2. The van der Waals surface area contributed by atoms with E-state index in [0.29, 0.717) is 11.6 Å². The number of rotatable bonds is 6. The Kier molecular flexibility index (Phi) is 5.88. The van der Waals surface area contributed by atoms with Gasteiger partial charge in [0.25, 0.3) is 0 Å². The fourth-order valence-electron chi connectivity index (χ4n) is 2.32. The molecule has 1 aliphatic heterocycles. The Morgan fingerprint density at radius 3 is 2.92 bits per heavy atom. The Bertz CT molecular complexity index is 826. The maximum atomic E-state index is 12.1. The lowest BCUT2D eigenvalue weighted by molar-refractivity contribution is -0.115. The van der Waals surface area contributed by atoms with Crippen LogP contribution in [0.2, 0.25) is 0 Å². The molecule has 2 aromatic heterocycles. The summed E-state index contributed by atoms with van der Waals surface area (Å²) in [6.07, 6.45) is 5.92. The number of amides is 1. The lowest BCUT2D eigenvalue weighted by Gasteiger charge is -2.15. The lowest BCUT2D eigenvalue weighted by atomic mass is 10.1. The molecule has 0 unspecified atom stereocenters. The molecule has 3 rings (SSSR count). The molecule has 25 heavy (non-hydrogen) atoms. The molecular formula is C18H20N4OS2. The Balaban J connectivity index is 1.50. The fraction of sp³-hybridized carbons (Fsp3) is 0.278. The molecule has 0 aliphatic carbocycles. The Labute approximate surface area is 155 Å². The molecule has 5 nitrogen and oxygen atoms in total. The molecule has 130 valence electrons. The summed E-state index contributed by atoms with van der Waals surface area (Å²) in [5.74, 6) is 0.829. The molecule has 0 bridgehead atoms. The van der Waals surface area contributed by atoms with Crippen LogP contribution in [0.3, 0.4) is 0 Å². The number of carbonyl (C=O) groups is 1. The van der Waals surface area contributed by atoms with Crippen molar-refractivity contribution in [1.29, 1.82) is 0 Å². The van der Waals surface area contributed by atoms with Crippen LogP contribution in [-0.2, 0) is 11.2 Å². The summed E-state index contributed by atoms with van der Waals surface area (Å²) in [5.41, 5.74) is 2.16. The van der Waals surface area contributed by atoms with Gasteiger partial charge in [0, 0.05) is 23.2 Å². The minimum Gasteiger partial charge on any atom is -0.335 e. The smallest absolute Gasteiger partial charge is 0.230 e. The van der Waals surface area contributed by atoms with Gasteiger partial charge in [0.05, 0.1) is 5.03 Å². The third-order valence-electron chi connectivity index (χ3n) is 3.58. The first-order valence-electron chi connectivity index (χ1n) is 8.12. The Hall–Kier alpha value is -2.12. The van der Waals surface area contributed by atoms with Crippen LogP contribution in [0.4, 0.5) is 10.9 Å². The minimum absolute atomic E-state index is 0.0247. The van der Waals surface area contributed by atoms with Crippen LogP contribution in [0.5, 0.6) is 0 Å². The predicted octanol–water partition coefficient (Wildman–Crippen LogP) is 4.71. The summed E-state index contributed by atoms with van der Waals surface area (Å²) in [7, 11) is 0. The van der Waals surface area contributed by atoms with E-state index in [9.17, 15) is 4.79 Å². The maximum absolute atomic E-state index is 12.1. The Morgan fingerprint density at radius 2 is 2.24 bits per heavy atom. The van der Waals surface area contributed by atoms with Gasteiger partial charge in [-0.15, -0.1) is 11.3 Å². The number of nitrogens with zero attached hydrogens (tertiary/aromatic N) is 2. The van der Waals surface area contributed by atoms with Crippen LogP contribution in [0.15, 0.2) is 46.5 Å². The van der Waals surface area contributed by atoms with E-state index < -0.39 is 0 Å². The van der Waals surface area contributed by atoms with Gasteiger partial charge in [-0.05, 0) is 43.4 Å². The van der Waals surface area contributed by atoms with Crippen molar-refractivity contribution in [2.45, 2.75) is 33.1 Å². The first-order valence-corrected chi connectivity index (χ1v) is 9.82. The number of thiazole rings is 1. The molecule has 0 spiro atoms. The van der Waals surface area contributed by atoms with Gasteiger partial charge in [-0.2, -0.15) is 0 Å². The van der Waals surface area contributed by atoms with E-state index in [0.717, 1.165) is 39.8 Å². The molecule has 7 heteroatoms. The van der Waals surface area contributed by atoms with Crippen molar-refractivity contribution in [1.82, 2.24) is 9.97 Å². The maximum Gasteiger partial charge on any atom is 0.230 e. The number of allylic oxidation sites excluding steroid dienone is 1. The van der Waals surface area contributed by atoms with E-state index >= 15 is 0 Å².